The molecule has 13 N–H and O–H groups in total. The molecule has 5 rings (SSSR count). The lowest BCUT2D eigenvalue weighted by Crippen LogP contribution is -2.55. The molecule has 4 amide bonds. The number of fused-ring (bicyclic) bond motifs is 5. The maximum absolute atomic E-state index is 14.7. The third-order valence-electron chi connectivity index (χ3n) is 11.3. The molecule has 1 aliphatic rings. The Morgan fingerprint density at radius 1 is 0.886 bits per heavy atom. The summed E-state index contributed by atoms with van der Waals surface area (Å²) >= 11 is 0. The SMILES string of the molecule is C[C@@H]1NC(=O)[C@@H](N(C)C(=O)[C@H](CCN)NC(=O)c2cnn(-c3ccc(OCCC(C)(C)C)cc3)c(=O)c2)c2cc(OC[C@H](O)CN)c(O)c(c2)-c2cc(ccc2OC[C@H](O)CN)C[C@@H](C(=O)O)NC1=O. The molecule has 3 aromatic carbocycles. The van der Waals surface area contributed by atoms with Crippen LogP contribution in [0.1, 0.15) is 68.1 Å². The van der Waals surface area contributed by atoms with E-state index in [1.807, 2.05) is 0 Å². The van der Waals surface area contributed by atoms with E-state index in [0.717, 1.165) is 28.3 Å². The molecular formula is C48H63N9O13. The van der Waals surface area contributed by atoms with Gasteiger partial charge >= 0.3 is 5.97 Å². The van der Waals surface area contributed by atoms with Crippen LogP contribution in [0.25, 0.3) is 16.8 Å². The van der Waals surface area contributed by atoms with Crippen LogP contribution in [0, 0.1) is 5.41 Å². The van der Waals surface area contributed by atoms with E-state index >= 15 is 0 Å². The van der Waals surface area contributed by atoms with E-state index in [1.165, 1.54) is 44.3 Å². The van der Waals surface area contributed by atoms with Crippen LogP contribution in [0.2, 0.25) is 0 Å². The molecule has 6 atom stereocenters. The van der Waals surface area contributed by atoms with Crippen molar-refractivity contribution in [3.05, 3.63) is 93.9 Å². The van der Waals surface area contributed by atoms with E-state index in [9.17, 15) is 49.2 Å². The highest BCUT2D eigenvalue weighted by Crippen LogP contribution is 2.45. The topological polar surface area (TPSA) is 346 Å². The first-order valence-corrected chi connectivity index (χ1v) is 22.6. The number of nitrogens with one attached hydrogen (secondary N) is 3. The van der Waals surface area contributed by atoms with Gasteiger partial charge in [0.25, 0.3) is 11.5 Å². The van der Waals surface area contributed by atoms with E-state index in [1.54, 1.807) is 24.3 Å². The molecule has 378 valence electrons. The summed E-state index contributed by atoms with van der Waals surface area (Å²) < 4.78 is 18.7. The monoisotopic (exact) mass is 973 g/mol. The number of hydrogen-bond donors (Lipinski definition) is 10. The van der Waals surface area contributed by atoms with Crippen molar-refractivity contribution in [1.29, 1.82) is 0 Å². The number of aliphatic hydroxyl groups is 2. The number of carbonyl (C=O) groups excluding carboxylic acids is 4. The second kappa shape index (κ2) is 23.9. The summed E-state index contributed by atoms with van der Waals surface area (Å²) in [6.07, 6.45) is -0.781. The average Bonchev–Trinajstić information content (AvgIpc) is 3.32. The lowest BCUT2D eigenvalue weighted by atomic mass is 9.93. The number of aliphatic carboxylic acids is 1. The van der Waals surface area contributed by atoms with Gasteiger partial charge in [0.15, 0.2) is 11.5 Å². The summed E-state index contributed by atoms with van der Waals surface area (Å²) in [5, 5.41) is 54.4. The fraction of sp³-hybridized carbons (Fsp3) is 0.438. The van der Waals surface area contributed by atoms with Crippen LogP contribution in [-0.2, 0) is 25.6 Å². The molecule has 0 unspecified atom stereocenters. The van der Waals surface area contributed by atoms with Crippen LogP contribution in [0.5, 0.6) is 23.0 Å². The number of rotatable bonds is 19. The zero-order valence-electron chi connectivity index (χ0n) is 39.7. The number of aromatic nitrogens is 2. The molecule has 2 heterocycles. The lowest BCUT2D eigenvalue weighted by molar-refractivity contribution is -0.143. The molecule has 0 radical (unpaired) electrons. The first kappa shape index (κ1) is 53.8. The lowest BCUT2D eigenvalue weighted by Gasteiger charge is -2.32. The van der Waals surface area contributed by atoms with Crippen molar-refractivity contribution in [3.8, 4) is 39.8 Å². The fourth-order valence-electron chi connectivity index (χ4n) is 7.22. The van der Waals surface area contributed by atoms with E-state index in [2.05, 4.69) is 41.8 Å². The van der Waals surface area contributed by atoms with Crippen molar-refractivity contribution >= 4 is 29.6 Å². The summed E-state index contributed by atoms with van der Waals surface area (Å²) in [5.74, 6) is -5.17. The van der Waals surface area contributed by atoms with Gasteiger partial charge in [0.05, 0.1) is 24.1 Å². The minimum atomic E-state index is -1.70. The Morgan fingerprint density at radius 2 is 1.54 bits per heavy atom. The minimum Gasteiger partial charge on any atom is -0.504 e. The Hall–Kier alpha value is -7.11. The fourth-order valence-corrected chi connectivity index (χ4v) is 7.22. The summed E-state index contributed by atoms with van der Waals surface area (Å²) in [4.78, 5) is 83.3. The second-order valence-electron chi connectivity index (χ2n) is 18.1. The number of carboxylic acids is 1. The summed E-state index contributed by atoms with van der Waals surface area (Å²) in [7, 11) is 1.24. The molecule has 4 aromatic rings. The van der Waals surface area contributed by atoms with Crippen LogP contribution in [0.3, 0.4) is 0 Å². The Bertz CT molecular complexity index is 2570. The first-order valence-electron chi connectivity index (χ1n) is 22.6. The maximum atomic E-state index is 14.7. The molecular weight excluding hydrogens is 911 g/mol. The number of likely N-dealkylation sites (N-methyl/N-ethyl adjacent to an activating group) is 1. The number of ether oxygens (including phenoxy) is 3. The van der Waals surface area contributed by atoms with Crippen molar-refractivity contribution in [2.75, 3.05) is 46.5 Å². The van der Waals surface area contributed by atoms with Crippen LogP contribution in [0.15, 0.2) is 71.7 Å². The van der Waals surface area contributed by atoms with Crippen molar-refractivity contribution < 1.29 is 58.6 Å². The number of aliphatic hydroxyl groups excluding tert-OH is 2. The Balaban J connectivity index is 1.55. The Morgan fingerprint density at radius 3 is 2.14 bits per heavy atom. The normalized spacial score (nSPS) is 17.4. The number of phenolic OH excluding ortho intramolecular Hbond substituents is 1. The second-order valence-corrected chi connectivity index (χ2v) is 18.1. The predicted molar refractivity (Wildman–Crippen MR) is 255 cm³/mol. The third kappa shape index (κ3) is 14.0. The standard InChI is InChI=1S/C48H63N9O13/c1-26-43(62)55-37(47(66)67)17-27-6-11-38(69-24-31(58)21-50)34(16-27)35-18-28(19-39(42(35)61)70-25-32(59)22-51)41(45(64)53-26)56(5)46(65)36(12-14-49)54-44(63)29-20-40(60)57(52-23-29)30-7-9-33(10-8-30)68-15-13-48(2,3)4/h6-11,16,18-20,23,26,31-32,36-37,41,58-59,61H,12-15,17,21-22,24-25,49-51H2,1-5H3,(H,53,64)(H,54,63)(H,55,62)(H,66,67)/t26-,31+,32+,36-,37-,41-/m0/s1. The first-order chi connectivity index (χ1) is 33.1. The Kier molecular flexibility index (Phi) is 18.4. The van der Waals surface area contributed by atoms with Gasteiger partial charge in [0.2, 0.25) is 17.7 Å². The van der Waals surface area contributed by atoms with Gasteiger partial charge in [0, 0.05) is 43.8 Å². The van der Waals surface area contributed by atoms with Crippen molar-refractivity contribution in [2.45, 2.75) is 83.3 Å². The smallest absolute Gasteiger partial charge is 0.326 e. The maximum Gasteiger partial charge on any atom is 0.326 e. The summed E-state index contributed by atoms with van der Waals surface area (Å²) in [6.45, 7) is 6.85. The average molecular weight is 974 g/mol. The van der Waals surface area contributed by atoms with Gasteiger partial charge < -0.3 is 72.7 Å². The summed E-state index contributed by atoms with van der Waals surface area (Å²) in [6, 6.07) is 8.73. The third-order valence-corrected chi connectivity index (χ3v) is 11.3. The molecule has 70 heavy (non-hydrogen) atoms. The zero-order valence-corrected chi connectivity index (χ0v) is 39.7. The number of hydrogen-bond acceptors (Lipinski definition) is 16. The van der Waals surface area contributed by atoms with Gasteiger partial charge in [-0.2, -0.15) is 9.78 Å². The quantitative estimate of drug-likeness (QED) is 0.0595. The summed E-state index contributed by atoms with van der Waals surface area (Å²) in [5.41, 5.74) is 17.2. The number of amides is 4. The molecule has 0 saturated heterocycles. The van der Waals surface area contributed by atoms with Crippen LogP contribution in [-0.4, -0.2) is 142 Å². The highest BCUT2D eigenvalue weighted by atomic mass is 16.5. The Labute approximate surface area is 404 Å². The van der Waals surface area contributed by atoms with Gasteiger partial charge in [-0.05, 0) is 91.4 Å². The highest BCUT2D eigenvalue weighted by Gasteiger charge is 2.37. The molecule has 0 aliphatic carbocycles. The number of carbonyl (C=O) groups is 5. The number of phenols is 1. The van der Waals surface area contributed by atoms with E-state index in [0.29, 0.717) is 23.6 Å². The van der Waals surface area contributed by atoms with Gasteiger partial charge in [0.1, 0.15) is 61.1 Å². The number of carboxylic acid groups (broad SMARTS) is 1. The van der Waals surface area contributed by atoms with Crippen LogP contribution >= 0.6 is 0 Å². The van der Waals surface area contributed by atoms with E-state index in [-0.39, 0.29) is 78.3 Å². The number of benzene rings is 3. The number of nitrogens with two attached hydrogens (primary N) is 3. The van der Waals surface area contributed by atoms with Gasteiger partial charge in [-0.15, -0.1) is 0 Å². The van der Waals surface area contributed by atoms with Crippen molar-refractivity contribution in [1.82, 2.24) is 30.6 Å². The molecule has 22 nitrogen and oxygen atoms in total. The van der Waals surface area contributed by atoms with Gasteiger partial charge in [-0.3, -0.25) is 24.0 Å². The predicted octanol–water partition coefficient (Wildman–Crippen LogP) is 0.0940. The van der Waals surface area contributed by atoms with Crippen LogP contribution < -0.4 is 52.9 Å². The zero-order chi connectivity index (χ0) is 51.4. The molecule has 0 fully saturated rings. The van der Waals surface area contributed by atoms with Crippen LogP contribution in [0.4, 0.5) is 0 Å². The molecule has 1 aromatic heterocycles. The largest absolute Gasteiger partial charge is 0.504 e. The molecule has 0 saturated carbocycles. The van der Waals surface area contributed by atoms with Gasteiger partial charge in [-0.1, -0.05) is 26.8 Å². The van der Waals surface area contributed by atoms with E-state index < -0.39 is 83.9 Å². The van der Waals surface area contributed by atoms with Gasteiger partial charge in [-0.25, -0.2) is 4.79 Å². The molecule has 22 heteroatoms. The molecule has 1 aliphatic heterocycles. The van der Waals surface area contributed by atoms with Crippen molar-refractivity contribution in [3.63, 3.8) is 0 Å². The number of nitrogens with zero attached hydrogens (tertiary/aromatic N) is 3. The highest BCUT2D eigenvalue weighted by molar-refractivity contribution is 5.99. The minimum absolute atomic E-state index is 0.0278. The molecule has 0 spiro atoms. The number of aromatic hydroxyl groups is 1. The van der Waals surface area contributed by atoms with E-state index in [4.69, 9.17) is 31.4 Å². The molecule has 4 bridgehead atoms. The van der Waals surface area contributed by atoms with Crippen molar-refractivity contribution in [2.24, 2.45) is 22.6 Å².